The zero-order valence-corrected chi connectivity index (χ0v) is 33.5. The fraction of sp³-hybridized carbons (Fsp3) is 0.595. The van der Waals surface area contributed by atoms with Gasteiger partial charge in [0, 0.05) is 24.2 Å². The van der Waals surface area contributed by atoms with Gasteiger partial charge in [0.2, 0.25) is 0 Å². The fourth-order valence-electron chi connectivity index (χ4n) is 4.27. The van der Waals surface area contributed by atoms with E-state index in [1.807, 2.05) is 38.1 Å². The van der Waals surface area contributed by atoms with Gasteiger partial charge in [-0.15, -0.1) is 0 Å². The lowest BCUT2D eigenvalue weighted by molar-refractivity contribution is -0.191. The highest BCUT2D eigenvalue weighted by Gasteiger charge is 2.16. The first-order valence-electron chi connectivity index (χ1n) is 18.2. The average Bonchev–Trinajstić information content (AvgIpc) is 3.57. The molecule has 3 rings (SSSR count). The molecule has 0 radical (unpaired) electrons. The molecule has 0 bridgehead atoms. The predicted molar refractivity (Wildman–Crippen MR) is 211 cm³/mol. The summed E-state index contributed by atoms with van der Waals surface area (Å²) < 4.78 is 0. The summed E-state index contributed by atoms with van der Waals surface area (Å²) in [7, 11) is 1.50. The first-order valence-corrected chi connectivity index (χ1v) is 18.2. The molecule has 0 saturated carbocycles. The zero-order chi connectivity index (χ0) is 37.9. The lowest BCUT2D eigenvalue weighted by atomic mass is 10.0. The van der Waals surface area contributed by atoms with Crippen LogP contribution in [0.25, 0.3) is 6.08 Å². The Bertz CT molecular complexity index is 1130. The van der Waals surface area contributed by atoms with E-state index in [9.17, 15) is 4.79 Å². The number of nitrogens with two attached hydrogens (primary N) is 1. The molecular formula is C42H73N3O3. The highest BCUT2D eigenvalue weighted by molar-refractivity contribution is 6.01. The zero-order valence-electron chi connectivity index (χ0n) is 33.5. The highest BCUT2D eigenvalue weighted by atomic mass is 16.2. The largest absolute Gasteiger partial charge is 0.373 e. The van der Waals surface area contributed by atoms with E-state index in [2.05, 4.69) is 109 Å². The summed E-state index contributed by atoms with van der Waals surface area (Å²) >= 11 is 0. The number of hydrogen-bond acceptors (Lipinski definition) is 6. The number of aryl methyl sites for hydroxylation is 2. The molecule has 6 nitrogen and oxygen atoms in total. The maximum Gasteiger partial charge on any atom is 0.373 e. The van der Waals surface area contributed by atoms with Gasteiger partial charge in [0.05, 0.1) is 6.54 Å². The van der Waals surface area contributed by atoms with Gasteiger partial charge in [-0.1, -0.05) is 153 Å². The standard InChI is InChI=1S/C13H16N2O.C12H16.C10H22.C3H8.C2H6.CH5N.CO2/c1-3-15-9-8-14-13(15)12-6-4-11(5-7-12)10(2)16;1-9(2)7-12-8-10(3)5-6-11(12)4;1-4-6-7-8-9-10(3)5-2;1-3-2;2*1-2;2-1-3/h4-7H,3,8-9H2,1-2H3;5-8H,1-4H3;10H,4-9H2,1-3H3;3H2,1-2H3;1-2H3;2H2,1H3;. The van der Waals surface area contributed by atoms with Gasteiger partial charge in [0.25, 0.3) is 0 Å². The minimum atomic E-state index is 0.104. The number of unbranched alkanes of at least 4 members (excludes halogenated alkanes) is 3. The van der Waals surface area contributed by atoms with E-state index >= 15 is 0 Å². The minimum Gasteiger partial charge on any atom is -0.355 e. The summed E-state index contributed by atoms with van der Waals surface area (Å²) in [6, 6.07) is 14.2. The summed E-state index contributed by atoms with van der Waals surface area (Å²) in [6.45, 7) is 30.2. The number of likely N-dealkylation sites (N-methyl/N-ethyl adjacent to an activating group) is 1. The second kappa shape index (κ2) is 36.5. The normalized spacial score (nSPS) is 11.1. The number of Topliss-reactive ketones (excluding diaryl/α,β-unsaturated/α-hetero) is 1. The van der Waals surface area contributed by atoms with Crippen molar-refractivity contribution >= 4 is 23.8 Å². The van der Waals surface area contributed by atoms with Gasteiger partial charge in [0.15, 0.2) is 5.78 Å². The van der Waals surface area contributed by atoms with Crippen molar-refractivity contribution in [3.63, 3.8) is 0 Å². The molecule has 2 N–H and O–H groups in total. The van der Waals surface area contributed by atoms with Gasteiger partial charge < -0.3 is 10.6 Å². The van der Waals surface area contributed by atoms with Crippen molar-refractivity contribution in [1.82, 2.24) is 4.90 Å². The van der Waals surface area contributed by atoms with Gasteiger partial charge in [-0.25, -0.2) is 0 Å². The summed E-state index contributed by atoms with van der Waals surface area (Å²) in [4.78, 5) is 34.2. The molecule has 6 heteroatoms. The van der Waals surface area contributed by atoms with Crippen molar-refractivity contribution < 1.29 is 14.4 Å². The third kappa shape index (κ3) is 27.7. The van der Waals surface area contributed by atoms with Crippen LogP contribution in [0.3, 0.4) is 0 Å². The van der Waals surface area contributed by atoms with E-state index in [0.717, 1.165) is 42.5 Å². The molecular weight excluding hydrogens is 594 g/mol. The average molecular weight is 668 g/mol. The Morgan fingerprint density at radius 2 is 1.46 bits per heavy atom. The van der Waals surface area contributed by atoms with Crippen LogP contribution in [0.2, 0.25) is 0 Å². The first kappa shape index (κ1) is 51.5. The lowest BCUT2D eigenvalue weighted by Gasteiger charge is -2.17. The SMILES string of the molecule is CC.CC(C)=Cc1cc(C)ccc1C.CCC.CCCCCCC(C)CC.CCN1CCN=C1c1ccc(C(C)=O)cc1.CN.O=C=O. The summed E-state index contributed by atoms with van der Waals surface area (Å²) in [6.07, 6.45) is 12.2. The Balaban J connectivity index is -0.000000271. The number of rotatable bonds is 10. The molecule has 48 heavy (non-hydrogen) atoms. The van der Waals surface area contributed by atoms with Gasteiger partial charge >= 0.3 is 6.15 Å². The molecule has 2 aromatic rings. The smallest absolute Gasteiger partial charge is 0.355 e. The third-order valence-corrected chi connectivity index (χ3v) is 6.99. The molecule has 1 aliphatic heterocycles. The third-order valence-electron chi connectivity index (χ3n) is 6.99. The van der Waals surface area contributed by atoms with Crippen LogP contribution in [-0.4, -0.2) is 49.4 Å². The fourth-order valence-corrected chi connectivity index (χ4v) is 4.27. The van der Waals surface area contributed by atoms with E-state index in [-0.39, 0.29) is 11.9 Å². The number of carbonyl (C=O) groups is 1. The number of carbonyl (C=O) groups excluding carboxylic acids is 3. The molecule has 0 amide bonds. The van der Waals surface area contributed by atoms with Crippen LogP contribution in [-0.2, 0) is 9.59 Å². The Kier molecular flexibility index (Phi) is 39.2. The molecule has 1 aliphatic rings. The monoisotopic (exact) mass is 668 g/mol. The first-order chi connectivity index (χ1) is 22.9. The Labute approximate surface area is 296 Å². The molecule has 274 valence electrons. The van der Waals surface area contributed by atoms with E-state index in [0.29, 0.717) is 0 Å². The Morgan fingerprint density at radius 1 is 0.917 bits per heavy atom. The molecule has 1 unspecified atom stereocenters. The topological polar surface area (TPSA) is 92.8 Å². The second-order valence-electron chi connectivity index (χ2n) is 11.7. The van der Waals surface area contributed by atoms with Gasteiger partial charge in [-0.05, 0) is 65.6 Å². The van der Waals surface area contributed by atoms with Crippen LogP contribution in [0, 0.1) is 19.8 Å². The highest BCUT2D eigenvalue weighted by Crippen LogP contribution is 2.15. The quantitative estimate of drug-likeness (QED) is 0.201. The van der Waals surface area contributed by atoms with E-state index < -0.39 is 0 Å². The molecule has 0 fully saturated rings. The van der Waals surface area contributed by atoms with E-state index in [1.54, 1.807) is 6.92 Å². The van der Waals surface area contributed by atoms with E-state index in [1.165, 1.54) is 74.3 Å². The Hall–Kier alpha value is -3.34. The predicted octanol–water partition coefficient (Wildman–Crippen LogP) is 11.1. The van der Waals surface area contributed by atoms with Crippen molar-refractivity contribution in [1.29, 1.82) is 0 Å². The lowest BCUT2D eigenvalue weighted by Crippen LogP contribution is -2.27. The number of nitrogens with zero attached hydrogens (tertiary/aromatic N) is 2. The summed E-state index contributed by atoms with van der Waals surface area (Å²) in [5, 5.41) is 0. The number of hydrogen-bond donors (Lipinski definition) is 1. The number of aliphatic imine (C=N–C) groups is 1. The van der Waals surface area contributed by atoms with Crippen LogP contribution in [0.4, 0.5) is 0 Å². The molecule has 1 atom stereocenters. The number of allylic oxidation sites excluding steroid dienone is 1. The molecule has 1 heterocycles. The van der Waals surface area contributed by atoms with Gasteiger partial charge in [-0.2, -0.15) is 9.59 Å². The molecule has 0 aromatic heterocycles. The maximum atomic E-state index is 11.2. The van der Waals surface area contributed by atoms with Crippen LogP contribution in [0.15, 0.2) is 53.0 Å². The number of benzene rings is 2. The van der Waals surface area contributed by atoms with Gasteiger partial charge in [-0.3, -0.25) is 9.79 Å². The summed E-state index contributed by atoms with van der Waals surface area (Å²) in [5.74, 6) is 2.11. The van der Waals surface area contributed by atoms with Crippen molar-refractivity contribution in [3.05, 3.63) is 75.9 Å². The maximum absolute atomic E-state index is 11.2. The van der Waals surface area contributed by atoms with Crippen LogP contribution in [0.5, 0.6) is 0 Å². The molecule has 2 aromatic carbocycles. The minimum absolute atomic E-state index is 0.104. The molecule has 0 aliphatic carbocycles. The van der Waals surface area contributed by atoms with Gasteiger partial charge in [0.1, 0.15) is 5.84 Å². The van der Waals surface area contributed by atoms with Crippen molar-refractivity contribution in [2.45, 2.75) is 135 Å². The summed E-state index contributed by atoms with van der Waals surface area (Å²) in [5.41, 5.74) is 11.7. The molecule has 0 spiro atoms. The van der Waals surface area contributed by atoms with Crippen LogP contribution >= 0.6 is 0 Å². The van der Waals surface area contributed by atoms with Crippen molar-refractivity contribution in [3.8, 4) is 0 Å². The van der Waals surface area contributed by atoms with E-state index in [4.69, 9.17) is 9.59 Å². The van der Waals surface area contributed by atoms with Crippen molar-refractivity contribution in [2.75, 3.05) is 26.7 Å². The van der Waals surface area contributed by atoms with Crippen LogP contribution < -0.4 is 5.73 Å². The van der Waals surface area contributed by atoms with Crippen LogP contribution in [0.1, 0.15) is 154 Å². The Morgan fingerprint density at radius 3 is 1.90 bits per heavy atom. The number of amidine groups is 1. The van der Waals surface area contributed by atoms with Crippen molar-refractivity contribution in [2.24, 2.45) is 16.6 Å². The second-order valence-corrected chi connectivity index (χ2v) is 11.7. The number of ketones is 1. The molecule has 0 saturated heterocycles.